The summed E-state index contributed by atoms with van der Waals surface area (Å²) in [5.41, 5.74) is 2.29. The Morgan fingerprint density at radius 1 is 1.23 bits per heavy atom. The Bertz CT molecular complexity index is 844. The van der Waals surface area contributed by atoms with Gasteiger partial charge in [-0.05, 0) is 57.6 Å². The number of nitrogens with one attached hydrogen (secondary N) is 1. The predicted octanol–water partition coefficient (Wildman–Crippen LogP) is 4.98. The molecule has 26 heavy (non-hydrogen) atoms. The molecule has 2 aromatic rings. The van der Waals surface area contributed by atoms with Crippen molar-refractivity contribution in [3.05, 3.63) is 62.1 Å². The lowest BCUT2D eigenvalue weighted by atomic mass is 9.87. The normalized spacial score (nSPS) is 11.1. The van der Waals surface area contributed by atoms with Gasteiger partial charge in [-0.25, -0.2) is 0 Å². The van der Waals surface area contributed by atoms with E-state index < -0.39 is 4.92 Å². The van der Waals surface area contributed by atoms with Crippen LogP contribution in [0.5, 0.6) is 5.75 Å². The first-order chi connectivity index (χ1) is 12.1. The van der Waals surface area contributed by atoms with Crippen molar-refractivity contribution in [2.45, 2.75) is 33.1 Å². The summed E-state index contributed by atoms with van der Waals surface area (Å²) in [6.45, 7) is 7.90. The van der Waals surface area contributed by atoms with E-state index in [1.165, 1.54) is 18.2 Å². The van der Waals surface area contributed by atoms with Crippen LogP contribution in [0, 0.1) is 17.0 Å². The van der Waals surface area contributed by atoms with Crippen molar-refractivity contribution in [1.82, 2.24) is 0 Å². The van der Waals surface area contributed by atoms with E-state index in [0.29, 0.717) is 17.0 Å². The maximum absolute atomic E-state index is 12.1. The Morgan fingerprint density at radius 3 is 2.46 bits per heavy atom. The molecule has 0 saturated carbocycles. The molecule has 6 nitrogen and oxygen atoms in total. The molecule has 2 aromatic carbocycles. The summed E-state index contributed by atoms with van der Waals surface area (Å²) in [7, 11) is 0. The number of carbonyl (C=O) groups is 1. The molecule has 0 radical (unpaired) electrons. The van der Waals surface area contributed by atoms with Crippen LogP contribution in [0.1, 0.15) is 31.9 Å². The molecule has 0 spiro atoms. The molecule has 0 aliphatic carbocycles. The number of benzene rings is 2. The number of amides is 1. The van der Waals surface area contributed by atoms with Gasteiger partial charge < -0.3 is 10.1 Å². The van der Waals surface area contributed by atoms with Crippen molar-refractivity contribution < 1.29 is 14.5 Å². The molecule has 1 N–H and O–H groups in total. The van der Waals surface area contributed by atoms with Gasteiger partial charge in [-0.1, -0.05) is 26.8 Å². The minimum absolute atomic E-state index is 0.0142. The number of non-ortho nitro benzene ring substituents is 1. The van der Waals surface area contributed by atoms with Crippen LogP contribution in [0.4, 0.5) is 11.4 Å². The number of halogens is 1. The van der Waals surface area contributed by atoms with Crippen LogP contribution >= 0.6 is 15.9 Å². The smallest absolute Gasteiger partial charge is 0.269 e. The first-order valence-corrected chi connectivity index (χ1v) is 8.85. The number of nitrogens with zero attached hydrogens (tertiary/aromatic N) is 1. The second-order valence-electron chi connectivity index (χ2n) is 6.99. The van der Waals surface area contributed by atoms with Gasteiger partial charge in [-0.2, -0.15) is 0 Å². The number of carbonyl (C=O) groups excluding carboxylic acids is 1. The SMILES string of the molecule is Cc1cc([N+](=O)[O-])ccc1NC(=O)COc1ccc(C(C)(C)C)cc1Br. The molecular formula is C19H21BrN2O4. The van der Waals surface area contributed by atoms with E-state index in [2.05, 4.69) is 42.0 Å². The standard InChI is InChI=1S/C19H21BrN2O4/c1-12-9-14(22(24)25)6-7-16(12)21-18(23)11-26-17-8-5-13(10-15(17)20)19(2,3)4/h5-10H,11H2,1-4H3,(H,21,23). The number of rotatable bonds is 5. The zero-order valence-corrected chi connectivity index (χ0v) is 16.7. The topological polar surface area (TPSA) is 81.5 Å². The lowest BCUT2D eigenvalue weighted by Gasteiger charge is -2.20. The highest BCUT2D eigenvalue weighted by atomic mass is 79.9. The highest BCUT2D eigenvalue weighted by Gasteiger charge is 2.16. The molecule has 7 heteroatoms. The van der Waals surface area contributed by atoms with Crippen LogP contribution in [0.2, 0.25) is 0 Å². The predicted molar refractivity (Wildman–Crippen MR) is 105 cm³/mol. The Morgan fingerprint density at radius 2 is 1.92 bits per heavy atom. The van der Waals surface area contributed by atoms with Crippen LogP contribution in [-0.2, 0) is 10.2 Å². The van der Waals surface area contributed by atoms with Crippen LogP contribution in [-0.4, -0.2) is 17.4 Å². The zero-order chi connectivity index (χ0) is 19.5. The summed E-state index contributed by atoms with van der Waals surface area (Å²) in [6.07, 6.45) is 0. The van der Waals surface area contributed by atoms with E-state index in [1.807, 2.05) is 18.2 Å². The molecule has 138 valence electrons. The van der Waals surface area contributed by atoms with E-state index in [1.54, 1.807) is 6.92 Å². The van der Waals surface area contributed by atoms with Gasteiger partial charge in [0.25, 0.3) is 11.6 Å². The lowest BCUT2D eigenvalue weighted by molar-refractivity contribution is -0.384. The summed E-state index contributed by atoms with van der Waals surface area (Å²) in [4.78, 5) is 22.4. The maximum Gasteiger partial charge on any atom is 0.269 e. The lowest BCUT2D eigenvalue weighted by Crippen LogP contribution is -2.21. The van der Waals surface area contributed by atoms with Gasteiger partial charge >= 0.3 is 0 Å². The van der Waals surface area contributed by atoms with Crippen LogP contribution in [0.25, 0.3) is 0 Å². The third-order valence-corrected chi connectivity index (χ3v) is 4.47. The molecule has 1 amide bonds. The number of hydrogen-bond donors (Lipinski definition) is 1. The van der Waals surface area contributed by atoms with E-state index in [9.17, 15) is 14.9 Å². The highest BCUT2D eigenvalue weighted by molar-refractivity contribution is 9.10. The number of aryl methyl sites for hydroxylation is 1. The van der Waals surface area contributed by atoms with Gasteiger partial charge in [0, 0.05) is 17.8 Å². The van der Waals surface area contributed by atoms with Gasteiger partial charge in [0.15, 0.2) is 6.61 Å². The average molecular weight is 421 g/mol. The Balaban J connectivity index is 2.00. The quantitative estimate of drug-likeness (QED) is 0.545. The zero-order valence-electron chi connectivity index (χ0n) is 15.1. The highest BCUT2D eigenvalue weighted by Crippen LogP contribution is 2.31. The first kappa shape index (κ1) is 19.9. The number of anilines is 1. The average Bonchev–Trinajstić information content (AvgIpc) is 2.54. The van der Waals surface area contributed by atoms with Crippen molar-refractivity contribution in [3.8, 4) is 5.75 Å². The minimum atomic E-state index is -0.472. The number of nitro groups is 1. The molecule has 2 rings (SSSR count). The number of hydrogen-bond acceptors (Lipinski definition) is 4. The van der Waals surface area contributed by atoms with Crippen LogP contribution in [0.15, 0.2) is 40.9 Å². The monoisotopic (exact) mass is 420 g/mol. The number of ether oxygens (including phenoxy) is 1. The van der Waals surface area contributed by atoms with Gasteiger partial charge in [0.1, 0.15) is 5.75 Å². The van der Waals surface area contributed by atoms with E-state index in [0.717, 1.165) is 10.0 Å². The molecule has 0 aliphatic heterocycles. The molecular weight excluding hydrogens is 400 g/mol. The van der Waals surface area contributed by atoms with Crippen molar-refractivity contribution in [1.29, 1.82) is 0 Å². The van der Waals surface area contributed by atoms with Crippen LogP contribution in [0.3, 0.4) is 0 Å². The van der Waals surface area contributed by atoms with Gasteiger partial charge in [-0.15, -0.1) is 0 Å². The summed E-state index contributed by atoms with van der Waals surface area (Å²) in [5, 5.41) is 13.5. The molecule has 0 fully saturated rings. The fourth-order valence-electron chi connectivity index (χ4n) is 2.32. The van der Waals surface area contributed by atoms with Crippen molar-refractivity contribution >= 4 is 33.2 Å². The third-order valence-electron chi connectivity index (χ3n) is 3.85. The fraction of sp³-hybridized carbons (Fsp3) is 0.316. The molecule has 0 aliphatic rings. The van der Waals surface area contributed by atoms with Crippen molar-refractivity contribution in [3.63, 3.8) is 0 Å². The Kier molecular flexibility index (Phi) is 6.02. The van der Waals surface area contributed by atoms with E-state index in [4.69, 9.17) is 4.74 Å². The largest absolute Gasteiger partial charge is 0.483 e. The Labute approximate surface area is 160 Å². The molecule has 0 aromatic heterocycles. The van der Waals surface area contributed by atoms with Crippen LogP contribution < -0.4 is 10.1 Å². The van der Waals surface area contributed by atoms with Crippen molar-refractivity contribution in [2.24, 2.45) is 0 Å². The third kappa shape index (κ3) is 5.05. The van der Waals surface area contributed by atoms with E-state index in [-0.39, 0.29) is 23.6 Å². The minimum Gasteiger partial charge on any atom is -0.483 e. The second kappa shape index (κ2) is 7.86. The van der Waals surface area contributed by atoms with E-state index >= 15 is 0 Å². The second-order valence-corrected chi connectivity index (χ2v) is 7.84. The molecule has 0 bridgehead atoms. The van der Waals surface area contributed by atoms with Gasteiger partial charge in [0.05, 0.1) is 9.40 Å². The summed E-state index contributed by atoms with van der Waals surface area (Å²) >= 11 is 3.47. The molecule has 0 unspecified atom stereocenters. The first-order valence-electron chi connectivity index (χ1n) is 8.05. The van der Waals surface area contributed by atoms with Gasteiger partial charge in [0.2, 0.25) is 0 Å². The fourth-order valence-corrected chi connectivity index (χ4v) is 2.81. The molecule has 0 saturated heterocycles. The molecule has 0 heterocycles. The summed E-state index contributed by atoms with van der Waals surface area (Å²) in [6, 6.07) is 10.1. The van der Waals surface area contributed by atoms with Crippen molar-refractivity contribution in [2.75, 3.05) is 11.9 Å². The summed E-state index contributed by atoms with van der Waals surface area (Å²) < 4.78 is 6.35. The number of nitro benzene ring substituents is 1. The Hall–Kier alpha value is -2.41. The molecule has 0 atom stereocenters. The van der Waals surface area contributed by atoms with Gasteiger partial charge in [-0.3, -0.25) is 14.9 Å². The maximum atomic E-state index is 12.1. The summed E-state index contributed by atoms with van der Waals surface area (Å²) in [5.74, 6) is 0.238.